The molecule has 7 heteroatoms. The van der Waals surface area contributed by atoms with Gasteiger partial charge in [-0.2, -0.15) is 0 Å². The fraction of sp³-hybridized carbons (Fsp3) is 0.500. The van der Waals surface area contributed by atoms with Crippen molar-refractivity contribution in [2.75, 3.05) is 5.32 Å². The molecule has 0 bridgehead atoms. The predicted molar refractivity (Wildman–Crippen MR) is 40.0 cm³/mol. The number of hydrogen-bond acceptors (Lipinski definition) is 6. The van der Waals surface area contributed by atoms with Crippen LogP contribution < -0.4 is 11.1 Å². The molecule has 0 saturated heterocycles. The number of anilines is 1. The van der Waals surface area contributed by atoms with Crippen molar-refractivity contribution in [2.24, 2.45) is 5.73 Å². The lowest BCUT2D eigenvalue weighted by atomic mass is 10.3. The van der Waals surface area contributed by atoms with Crippen LogP contribution >= 0.6 is 11.5 Å². The van der Waals surface area contributed by atoms with E-state index in [0.717, 1.165) is 11.5 Å². The smallest absolute Gasteiger partial charge is 0.242 e. The molecule has 3 N–H and O–H groups in total. The molecule has 1 rings (SSSR count). The first-order valence-electron chi connectivity index (χ1n) is 2.91. The average Bonchev–Trinajstić information content (AvgIpc) is 2.39. The number of aromatic nitrogens is 3. The van der Waals surface area contributed by atoms with Gasteiger partial charge in [0, 0.05) is 11.5 Å². The summed E-state index contributed by atoms with van der Waals surface area (Å²) in [4.78, 5) is 10.9. The van der Waals surface area contributed by atoms with Gasteiger partial charge in [0.05, 0.1) is 6.04 Å². The van der Waals surface area contributed by atoms with Gasteiger partial charge in [-0.1, -0.05) is 9.59 Å². The van der Waals surface area contributed by atoms with Gasteiger partial charge in [-0.25, -0.2) is 0 Å². The maximum Gasteiger partial charge on any atom is 0.242 e. The van der Waals surface area contributed by atoms with Gasteiger partial charge >= 0.3 is 0 Å². The second-order valence-electron chi connectivity index (χ2n) is 1.95. The normalized spacial score (nSPS) is 12.5. The fourth-order valence-electron chi connectivity index (χ4n) is 0.401. The second-order valence-corrected chi connectivity index (χ2v) is 2.68. The Morgan fingerprint density at radius 2 is 2.55 bits per heavy atom. The van der Waals surface area contributed by atoms with Crippen LogP contribution in [0.25, 0.3) is 0 Å². The first-order chi connectivity index (χ1) is 5.20. The molecule has 0 aliphatic rings. The van der Waals surface area contributed by atoms with Crippen LogP contribution in [-0.2, 0) is 4.79 Å². The van der Waals surface area contributed by atoms with Gasteiger partial charge in [0.1, 0.15) is 0 Å². The Bertz CT molecular complexity index is 233. The fourth-order valence-corrected chi connectivity index (χ4v) is 0.771. The van der Waals surface area contributed by atoms with Crippen LogP contribution in [-0.4, -0.2) is 26.7 Å². The molecule has 1 atom stereocenters. The third-order valence-corrected chi connectivity index (χ3v) is 1.45. The standard InChI is InChI=1S/C4H7N5OS/c1-2(5)3(10)6-4-7-8-9-11-4/h2H,5H2,1H3,(H,6,7,9,10)/t2-/m1/s1. The van der Waals surface area contributed by atoms with Gasteiger partial charge in [-0.3, -0.25) is 10.1 Å². The molecule has 0 aliphatic carbocycles. The van der Waals surface area contributed by atoms with Gasteiger partial charge < -0.3 is 5.73 Å². The van der Waals surface area contributed by atoms with Crippen LogP contribution in [0.5, 0.6) is 0 Å². The molecule has 60 valence electrons. The van der Waals surface area contributed by atoms with Crippen molar-refractivity contribution in [2.45, 2.75) is 13.0 Å². The highest BCUT2D eigenvalue weighted by Crippen LogP contribution is 2.03. The number of carbonyl (C=O) groups is 1. The number of nitrogens with two attached hydrogens (primary N) is 1. The summed E-state index contributed by atoms with van der Waals surface area (Å²) in [5, 5.41) is 9.61. The number of carbonyl (C=O) groups excluding carboxylic acids is 1. The molecule has 0 aliphatic heterocycles. The van der Waals surface area contributed by atoms with E-state index in [0.29, 0.717) is 5.13 Å². The van der Waals surface area contributed by atoms with Crippen LogP contribution in [0.4, 0.5) is 5.13 Å². The number of hydrogen-bond donors (Lipinski definition) is 2. The van der Waals surface area contributed by atoms with E-state index in [4.69, 9.17) is 5.73 Å². The molecule has 1 aromatic rings. The van der Waals surface area contributed by atoms with Crippen molar-refractivity contribution in [3.05, 3.63) is 0 Å². The molecule has 6 nitrogen and oxygen atoms in total. The summed E-state index contributed by atoms with van der Waals surface area (Å²) >= 11 is 1.01. The number of nitrogens with zero attached hydrogens (tertiary/aromatic N) is 3. The maximum atomic E-state index is 10.9. The van der Waals surface area contributed by atoms with Crippen LogP contribution in [0.15, 0.2) is 0 Å². The van der Waals surface area contributed by atoms with Crippen molar-refractivity contribution in [3.63, 3.8) is 0 Å². The van der Waals surface area contributed by atoms with Gasteiger partial charge in [0.25, 0.3) is 0 Å². The zero-order valence-electron chi connectivity index (χ0n) is 5.81. The van der Waals surface area contributed by atoms with Crippen molar-refractivity contribution >= 4 is 22.6 Å². The van der Waals surface area contributed by atoms with Crippen molar-refractivity contribution < 1.29 is 4.79 Å². The van der Waals surface area contributed by atoms with Gasteiger partial charge in [-0.15, -0.1) is 0 Å². The highest BCUT2D eigenvalue weighted by atomic mass is 32.1. The number of rotatable bonds is 2. The summed E-state index contributed by atoms with van der Waals surface area (Å²) in [5.41, 5.74) is 5.28. The largest absolute Gasteiger partial charge is 0.320 e. The zero-order valence-corrected chi connectivity index (χ0v) is 6.63. The van der Waals surface area contributed by atoms with E-state index in [1.54, 1.807) is 6.92 Å². The molecule has 0 unspecified atom stereocenters. The maximum absolute atomic E-state index is 10.9. The Morgan fingerprint density at radius 1 is 1.82 bits per heavy atom. The molecule has 0 radical (unpaired) electrons. The van der Waals surface area contributed by atoms with Gasteiger partial charge in [0.2, 0.25) is 11.0 Å². The minimum atomic E-state index is -0.543. The summed E-state index contributed by atoms with van der Waals surface area (Å²) in [5.74, 6) is -0.288. The van der Waals surface area contributed by atoms with E-state index in [2.05, 4.69) is 20.1 Å². The van der Waals surface area contributed by atoms with E-state index in [1.807, 2.05) is 0 Å². The summed E-state index contributed by atoms with van der Waals surface area (Å²) < 4.78 is 3.46. The molecule has 0 fully saturated rings. The SMILES string of the molecule is C[C@@H](N)C(=O)Nc1nnns1. The molecular weight excluding hydrogens is 166 g/mol. The van der Waals surface area contributed by atoms with Crippen LogP contribution in [0.1, 0.15) is 6.92 Å². The Morgan fingerprint density at radius 3 is 3.00 bits per heavy atom. The summed E-state index contributed by atoms with van der Waals surface area (Å²) in [6.45, 7) is 1.59. The Balaban J connectivity index is 2.50. The van der Waals surface area contributed by atoms with E-state index in [9.17, 15) is 4.79 Å². The van der Waals surface area contributed by atoms with Gasteiger partial charge in [-0.05, 0) is 12.1 Å². The summed E-state index contributed by atoms with van der Waals surface area (Å²) in [6.07, 6.45) is 0. The Labute approximate surface area is 67.0 Å². The van der Waals surface area contributed by atoms with Crippen LogP contribution in [0.3, 0.4) is 0 Å². The third kappa shape index (κ3) is 2.20. The monoisotopic (exact) mass is 173 g/mol. The van der Waals surface area contributed by atoms with Crippen LogP contribution in [0, 0.1) is 0 Å². The molecule has 0 saturated carbocycles. The topological polar surface area (TPSA) is 93.8 Å². The second kappa shape index (κ2) is 3.35. The minimum absolute atomic E-state index is 0.288. The average molecular weight is 173 g/mol. The van der Waals surface area contributed by atoms with E-state index in [1.165, 1.54) is 0 Å². The Hall–Kier alpha value is -1.08. The van der Waals surface area contributed by atoms with E-state index in [-0.39, 0.29) is 5.91 Å². The quantitative estimate of drug-likeness (QED) is 0.611. The lowest BCUT2D eigenvalue weighted by Crippen LogP contribution is -2.32. The lowest BCUT2D eigenvalue weighted by molar-refractivity contribution is -0.117. The first-order valence-corrected chi connectivity index (χ1v) is 3.69. The van der Waals surface area contributed by atoms with Crippen molar-refractivity contribution in [1.82, 2.24) is 14.8 Å². The number of amides is 1. The van der Waals surface area contributed by atoms with Crippen molar-refractivity contribution in [3.8, 4) is 0 Å². The van der Waals surface area contributed by atoms with E-state index < -0.39 is 6.04 Å². The Kier molecular flexibility index (Phi) is 2.44. The predicted octanol–water partition coefficient (Wildman–Crippen LogP) is -0.781. The highest BCUT2D eigenvalue weighted by Gasteiger charge is 2.08. The van der Waals surface area contributed by atoms with Gasteiger partial charge in [0.15, 0.2) is 0 Å². The molecule has 0 aromatic carbocycles. The van der Waals surface area contributed by atoms with Crippen LogP contribution in [0.2, 0.25) is 0 Å². The lowest BCUT2D eigenvalue weighted by Gasteiger charge is -2.01. The molecule has 1 amide bonds. The zero-order chi connectivity index (χ0) is 8.27. The first kappa shape index (κ1) is 8.02. The molecule has 1 aromatic heterocycles. The molecular formula is C4H7N5OS. The summed E-state index contributed by atoms with van der Waals surface area (Å²) in [6, 6.07) is -0.543. The minimum Gasteiger partial charge on any atom is -0.320 e. The van der Waals surface area contributed by atoms with E-state index >= 15 is 0 Å². The number of nitrogens with one attached hydrogen (secondary N) is 1. The highest BCUT2D eigenvalue weighted by molar-refractivity contribution is 7.09. The molecule has 11 heavy (non-hydrogen) atoms. The molecule has 0 spiro atoms. The third-order valence-electron chi connectivity index (χ3n) is 0.943. The van der Waals surface area contributed by atoms with Crippen molar-refractivity contribution in [1.29, 1.82) is 0 Å². The summed E-state index contributed by atoms with van der Waals surface area (Å²) in [7, 11) is 0. The molecule has 1 heterocycles.